The summed E-state index contributed by atoms with van der Waals surface area (Å²) >= 11 is 1.77. The van der Waals surface area contributed by atoms with Crippen LogP contribution in [0.1, 0.15) is 33.6 Å². The Kier molecular flexibility index (Phi) is 6.78. The maximum Gasteiger partial charge on any atom is 0.194 e. The van der Waals surface area contributed by atoms with Crippen molar-refractivity contribution in [1.29, 1.82) is 0 Å². The quantitative estimate of drug-likeness (QED) is 0.593. The maximum atomic E-state index is 5.48. The summed E-state index contributed by atoms with van der Waals surface area (Å²) in [6.07, 6.45) is 1.90. The summed E-state index contributed by atoms with van der Waals surface area (Å²) in [6.45, 7) is 9.62. The van der Waals surface area contributed by atoms with Crippen LogP contribution in [0.15, 0.2) is 17.1 Å². The number of fused-ring (bicyclic) bond motifs is 1. The summed E-state index contributed by atoms with van der Waals surface area (Å²) in [6, 6.07) is 4.19. The first-order valence-corrected chi connectivity index (χ1v) is 10.6. The Balaban J connectivity index is 1.73. The molecule has 0 unspecified atom stereocenters. The van der Waals surface area contributed by atoms with Gasteiger partial charge in [-0.3, -0.25) is 4.99 Å². The maximum absolute atomic E-state index is 5.48. The lowest BCUT2D eigenvalue weighted by Gasteiger charge is -2.32. The van der Waals surface area contributed by atoms with Crippen LogP contribution in [0.5, 0.6) is 11.5 Å². The van der Waals surface area contributed by atoms with Crippen molar-refractivity contribution in [3.8, 4) is 11.5 Å². The third kappa shape index (κ3) is 4.58. The molecule has 3 rings (SSSR count). The van der Waals surface area contributed by atoms with E-state index in [1.165, 1.54) is 16.0 Å². The highest BCUT2D eigenvalue weighted by Crippen LogP contribution is 2.33. The normalized spacial score (nSPS) is 14.0. The monoisotopic (exact) mass is 402 g/mol. The molecule has 7 heteroatoms. The van der Waals surface area contributed by atoms with Crippen LogP contribution in [0, 0.1) is 13.8 Å². The molecular weight excluding hydrogens is 372 g/mol. The molecule has 0 spiro atoms. The number of nitrogens with one attached hydrogen (secondary N) is 1. The number of thiazole rings is 1. The average molecular weight is 403 g/mol. The van der Waals surface area contributed by atoms with Crippen LogP contribution < -0.4 is 14.8 Å². The molecule has 28 heavy (non-hydrogen) atoms. The predicted molar refractivity (Wildman–Crippen MR) is 115 cm³/mol. The molecule has 1 aliphatic heterocycles. The first-order valence-electron chi connectivity index (χ1n) is 9.75. The summed E-state index contributed by atoms with van der Waals surface area (Å²) in [4.78, 5) is 13.1. The van der Waals surface area contributed by atoms with E-state index in [2.05, 4.69) is 48.1 Å². The molecule has 1 aliphatic rings. The lowest BCUT2D eigenvalue weighted by Crippen LogP contribution is -2.44. The van der Waals surface area contributed by atoms with Gasteiger partial charge in [0, 0.05) is 37.5 Å². The van der Waals surface area contributed by atoms with Gasteiger partial charge in [0.25, 0.3) is 0 Å². The van der Waals surface area contributed by atoms with Crippen LogP contribution in [0.25, 0.3) is 0 Å². The molecule has 6 nitrogen and oxygen atoms in total. The van der Waals surface area contributed by atoms with Gasteiger partial charge in [0.05, 0.1) is 24.9 Å². The smallest absolute Gasteiger partial charge is 0.194 e. The van der Waals surface area contributed by atoms with Crippen molar-refractivity contribution in [2.45, 2.75) is 40.2 Å². The van der Waals surface area contributed by atoms with Crippen LogP contribution in [-0.4, -0.2) is 49.7 Å². The van der Waals surface area contributed by atoms with Crippen LogP contribution >= 0.6 is 11.3 Å². The van der Waals surface area contributed by atoms with Gasteiger partial charge in [-0.25, -0.2) is 4.98 Å². The Bertz CT molecular complexity index is 847. The zero-order valence-corrected chi connectivity index (χ0v) is 18.3. The number of ether oxygens (including phenoxy) is 2. The number of hydrogen-bond donors (Lipinski definition) is 1. The van der Waals surface area contributed by atoms with Crippen molar-refractivity contribution in [3.05, 3.63) is 38.8 Å². The summed E-state index contributed by atoms with van der Waals surface area (Å²) in [5.74, 6) is 2.55. The van der Waals surface area contributed by atoms with Gasteiger partial charge < -0.3 is 19.7 Å². The van der Waals surface area contributed by atoms with Crippen molar-refractivity contribution < 1.29 is 9.47 Å². The van der Waals surface area contributed by atoms with E-state index in [4.69, 9.17) is 14.5 Å². The number of rotatable bonds is 6. The van der Waals surface area contributed by atoms with Gasteiger partial charge >= 0.3 is 0 Å². The fourth-order valence-corrected chi connectivity index (χ4v) is 4.48. The van der Waals surface area contributed by atoms with Gasteiger partial charge in [-0.2, -0.15) is 0 Å². The Morgan fingerprint density at radius 1 is 1.21 bits per heavy atom. The van der Waals surface area contributed by atoms with Gasteiger partial charge in [0.2, 0.25) is 0 Å². The lowest BCUT2D eigenvalue weighted by molar-refractivity contribution is 0.346. The number of aliphatic imine (C=N–C) groups is 1. The van der Waals surface area contributed by atoms with Gasteiger partial charge in [-0.05, 0) is 50.5 Å². The number of benzene rings is 1. The minimum Gasteiger partial charge on any atom is -0.493 e. The van der Waals surface area contributed by atoms with Crippen molar-refractivity contribution in [3.63, 3.8) is 0 Å². The molecule has 0 bridgehead atoms. The summed E-state index contributed by atoms with van der Waals surface area (Å²) < 4.78 is 10.9. The topological polar surface area (TPSA) is 59.0 Å². The zero-order chi connectivity index (χ0) is 20.1. The highest BCUT2D eigenvalue weighted by Gasteiger charge is 2.21. The first-order chi connectivity index (χ1) is 13.5. The number of guanidine groups is 1. The molecule has 1 aromatic carbocycles. The van der Waals surface area contributed by atoms with E-state index in [1.807, 2.05) is 0 Å². The fraction of sp³-hybridized carbons (Fsp3) is 0.524. The molecule has 152 valence electrons. The standard InChI is InChI=1S/C21H30N4O2S/c1-6-22-21(23-9-7-20-14(2)24-15(3)28-20)25-10-8-16-11-18(26-4)19(27-5)12-17(16)13-25/h11-12H,6-10,13H2,1-5H3,(H,22,23). The van der Waals surface area contributed by atoms with Crippen LogP contribution in [0.3, 0.4) is 0 Å². The molecule has 0 fully saturated rings. The van der Waals surface area contributed by atoms with E-state index >= 15 is 0 Å². The molecule has 0 saturated heterocycles. The average Bonchev–Trinajstić information content (AvgIpc) is 3.02. The van der Waals surface area contributed by atoms with Crippen LogP contribution in [-0.2, 0) is 19.4 Å². The SMILES string of the molecule is CCNC(=NCCc1sc(C)nc1C)N1CCc2cc(OC)c(OC)cc2C1. The molecule has 2 aromatic rings. The third-order valence-electron chi connectivity index (χ3n) is 4.95. The fourth-order valence-electron chi connectivity index (χ4n) is 3.56. The second kappa shape index (κ2) is 9.28. The Morgan fingerprint density at radius 3 is 2.54 bits per heavy atom. The number of aryl methyl sites for hydroxylation is 2. The lowest BCUT2D eigenvalue weighted by atomic mass is 9.99. The van der Waals surface area contributed by atoms with E-state index in [0.29, 0.717) is 0 Å². The number of nitrogens with zero attached hydrogens (tertiary/aromatic N) is 3. The van der Waals surface area contributed by atoms with Crippen molar-refractivity contribution >= 4 is 17.3 Å². The third-order valence-corrected chi connectivity index (χ3v) is 6.09. The highest BCUT2D eigenvalue weighted by atomic mass is 32.1. The largest absolute Gasteiger partial charge is 0.493 e. The minimum atomic E-state index is 0.764. The zero-order valence-electron chi connectivity index (χ0n) is 17.5. The van der Waals surface area contributed by atoms with Gasteiger partial charge in [-0.15, -0.1) is 11.3 Å². The van der Waals surface area contributed by atoms with Crippen LogP contribution in [0.4, 0.5) is 0 Å². The number of hydrogen-bond acceptors (Lipinski definition) is 5. The molecule has 2 heterocycles. The molecule has 1 N–H and O–H groups in total. The van der Waals surface area contributed by atoms with Crippen molar-refractivity contribution in [1.82, 2.24) is 15.2 Å². The molecule has 1 aromatic heterocycles. The van der Waals surface area contributed by atoms with Gasteiger partial charge in [0.1, 0.15) is 0 Å². The second-order valence-electron chi connectivity index (χ2n) is 6.87. The second-order valence-corrected chi connectivity index (χ2v) is 8.16. The first kappa shape index (κ1) is 20.5. The van der Waals surface area contributed by atoms with Crippen molar-refractivity contribution in [2.75, 3.05) is 33.9 Å². The minimum absolute atomic E-state index is 0.764. The van der Waals surface area contributed by atoms with E-state index in [9.17, 15) is 0 Å². The predicted octanol–water partition coefficient (Wildman–Crippen LogP) is 3.34. The summed E-state index contributed by atoms with van der Waals surface area (Å²) in [7, 11) is 3.36. The van der Waals surface area contributed by atoms with E-state index in [0.717, 1.165) is 67.2 Å². The van der Waals surface area contributed by atoms with E-state index in [1.54, 1.807) is 25.6 Å². The Morgan fingerprint density at radius 2 is 1.93 bits per heavy atom. The van der Waals surface area contributed by atoms with Gasteiger partial charge in [0.15, 0.2) is 17.5 Å². The molecule has 0 aliphatic carbocycles. The highest BCUT2D eigenvalue weighted by molar-refractivity contribution is 7.11. The molecule has 0 saturated carbocycles. The number of methoxy groups -OCH3 is 2. The molecule has 0 amide bonds. The Hall–Kier alpha value is -2.28. The molecular formula is C21H30N4O2S. The number of aromatic nitrogens is 1. The Labute approximate surface area is 171 Å². The summed E-state index contributed by atoms with van der Waals surface area (Å²) in [5, 5.41) is 4.57. The molecule has 0 atom stereocenters. The summed E-state index contributed by atoms with van der Waals surface area (Å²) in [5.41, 5.74) is 3.72. The van der Waals surface area contributed by atoms with E-state index in [-0.39, 0.29) is 0 Å². The van der Waals surface area contributed by atoms with Crippen molar-refractivity contribution in [2.24, 2.45) is 4.99 Å². The van der Waals surface area contributed by atoms with Gasteiger partial charge in [-0.1, -0.05) is 0 Å². The van der Waals surface area contributed by atoms with Crippen LogP contribution in [0.2, 0.25) is 0 Å². The van der Waals surface area contributed by atoms with E-state index < -0.39 is 0 Å². The molecule has 0 radical (unpaired) electrons.